The summed E-state index contributed by atoms with van der Waals surface area (Å²) >= 11 is 0. The average Bonchev–Trinajstić information content (AvgIpc) is 2.83. The highest BCUT2D eigenvalue weighted by Crippen LogP contribution is 2.26. The van der Waals surface area contributed by atoms with Crippen LogP contribution < -0.4 is 0 Å². The molecular weight excluding hydrogens is 254 g/mol. The Hall–Kier alpha value is -1.81. The van der Waals surface area contributed by atoms with E-state index in [0.717, 1.165) is 29.6 Å². The molecule has 0 saturated carbocycles. The Bertz CT molecular complexity index is 586. The van der Waals surface area contributed by atoms with Gasteiger partial charge in [0.25, 0.3) is 0 Å². The van der Waals surface area contributed by atoms with Crippen LogP contribution >= 0.6 is 0 Å². The molecule has 2 atom stereocenters. The topological polar surface area (TPSA) is 53.7 Å². The molecule has 1 fully saturated rings. The maximum absolute atomic E-state index is 11.1. The van der Waals surface area contributed by atoms with Crippen LogP contribution in [0.15, 0.2) is 34.7 Å². The maximum Gasteiger partial charge on any atom is 0.307 e. The number of furan rings is 1. The minimum atomic E-state index is -0.688. The number of nitrogens with zero attached hydrogens (tertiary/aromatic N) is 1. The average molecular weight is 273 g/mol. The molecule has 2 heterocycles. The molecule has 106 valence electrons. The molecule has 0 radical (unpaired) electrons. The van der Waals surface area contributed by atoms with Crippen LogP contribution in [-0.4, -0.2) is 28.6 Å². The van der Waals surface area contributed by atoms with Gasteiger partial charge in [0, 0.05) is 18.0 Å². The molecule has 4 nitrogen and oxygen atoms in total. The minimum absolute atomic E-state index is 0.254. The Kier molecular flexibility index (Phi) is 3.49. The summed E-state index contributed by atoms with van der Waals surface area (Å²) < 4.78 is 5.83. The lowest BCUT2D eigenvalue weighted by molar-refractivity contribution is -0.144. The summed E-state index contributed by atoms with van der Waals surface area (Å²) in [7, 11) is 0. The minimum Gasteiger partial charge on any atom is -0.481 e. The molecule has 1 aromatic heterocycles. The van der Waals surface area contributed by atoms with E-state index in [2.05, 4.69) is 11.8 Å². The number of benzene rings is 1. The first kappa shape index (κ1) is 13.2. The van der Waals surface area contributed by atoms with Crippen molar-refractivity contribution in [2.24, 2.45) is 5.92 Å². The Labute approximate surface area is 118 Å². The van der Waals surface area contributed by atoms with Crippen molar-refractivity contribution in [3.8, 4) is 0 Å². The first-order valence-corrected chi connectivity index (χ1v) is 7.08. The summed E-state index contributed by atoms with van der Waals surface area (Å²) in [6.45, 7) is 3.44. The van der Waals surface area contributed by atoms with Gasteiger partial charge in [-0.2, -0.15) is 0 Å². The number of carboxylic acid groups (broad SMARTS) is 1. The van der Waals surface area contributed by atoms with Crippen LogP contribution in [0.3, 0.4) is 0 Å². The van der Waals surface area contributed by atoms with Crippen molar-refractivity contribution in [3.05, 3.63) is 36.1 Å². The van der Waals surface area contributed by atoms with E-state index >= 15 is 0 Å². The standard InChI is InChI=1S/C16H19NO3/c1-11-6-7-13(16(18)19)9-17(11)10-14-8-12-4-2-3-5-15(12)20-14/h2-5,8,11,13H,6-7,9-10H2,1H3,(H,18,19). The van der Waals surface area contributed by atoms with Crippen molar-refractivity contribution < 1.29 is 14.3 Å². The van der Waals surface area contributed by atoms with Gasteiger partial charge in [-0.1, -0.05) is 18.2 Å². The lowest BCUT2D eigenvalue weighted by atomic mass is 9.93. The van der Waals surface area contributed by atoms with Gasteiger partial charge in [0.05, 0.1) is 12.5 Å². The summed E-state index contributed by atoms with van der Waals surface area (Å²) in [4.78, 5) is 13.4. The maximum atomic E-state index is 11.1. The monoisotopic (exact) mass is 273 g/mol. The fraction of sp³-hybridized carbons (Fsp3) is 0.438. The number of fused-ring (bicyclic) bond motifs is 1. The molecule has 3 rings (SSSR count). The van der Waals surface area contributed by atoms with Gasteiger partial charge in [-0.25, -0.2) is 0 Å². The second-order valence-electron chi connectivity index (χ2n) is 5.64. The second kappa shape index (κ2) is 5.29. The lowest BCUT2D eigenvalue weighted by Gasteiger charge is -2.35. The van der Waals surface area contributed by atoms with E-state index in [1.54, 1.807) is 0 Å². The van der Waals surface area contributed by atoms with Gasteiger partial charge >= 0.3 is 5.97 Å². The first-order valence-electron chi connectivity index (χ1n) is 7.08. The van der Waals surface area contributed by atoms with Crippen LogP contribution in [0.1, 0.15) is 25.5 Å². The van der Waals surface area contributed by atoms with E-state index in [1.165, 1.54) is 0 Å². The van der Waals surface area contributed by atoms with Crippen LogP contribution in [0.2, 0.25) is 0 Å². The summed E-state index contributed by atoms with van der Waals surface area (Å²) in [5, 5.41) is 10.3. The number of rotatable bonds is 3. The zero-order chi connectivity index (χ0) is 14.1. The summed E-state index contributed by atoms with van der Waals surface area (Å²) in [5.41, 5.74) is 0.891. The van der Waals surface area contributed by atoms with Gasteiger partial charge in [0.1, 0.15) is 11.3 Å². The molecule has 0 amide bonds. The Morgan fingerprint density at radius 2 is 2.20 bits per heavy atom. The van der Waals surface area contributed by atoms with E-state index in [9.17, 15) is 9.90 Å². The van der Waals surface area contributed by atoms with Crippen molar-refractivity contribution in [1.82, 2.24) is 4.90 Å². The predicted molar refractivity (Wildman–Crippen MR) is 76.4 cm³/mol. The summed E-state index contributed by atoms with van der Waals surface area (Å²) in [6, 6.07) is 10.4. The number of carbonyl (C=O) groups is 1. The van der Waals surface area contributed by atoms with Crippen molar-refractivity contribution in [1.29, 1.82) is 0 Å². The number of hydrogen-bond acceptors (Lipinski definition) is 3. The molecule has 0 aliphatic carbocycles. The smallest absolute Gasteiger partial charge is 0.307 e. The molecule has 1 aliphatic rings. The normalized spacial score (nSPS) is 24.1. The Morgan fingerprint density at radius 3 is 2.95 bits per heavy atom. The zero-order valence-corrected chi connectivity index (χ0v) is 11.6. The molecular formula is C16H19NO3. The third-order valence-electron chi connectivity index (χ3n) is 4.20. The van der Waals surface area contributed by atoms with Gasteiger partial charge in [-0.15, -0.1) is 0 Å². The zero-order valence-electron chi connectivity index (χ0n) is 11.6. The highest BCUT2D eigenvalue weighted by atomic mass is 16.4. The quantitative estimate of drug-likeness (QED) is 0.933. The first-order chi connectivity index (χ1) is 9.63. The third kappa shape index (κ3) is 2.56. The van der Waals surface area contributed by atoms with Crippen molar-refractivity contribution in [3.63, 3.8) is 0 Å². The third-order valence-corrected chi connectivity index (χ3v) is 4.20. The van der Waals surface area contributed by atoms with Crippen molar-refractivity contribution in [2.45, 2.75) is 32.4 Å². The summed E-state index contributed by atoms with van der Waals surface area (Å²) in [5.74, 6) is -0.0360. The van der Waals surface area contributed by atoms with E-state index in [4.69, 9.17) is 4.42 Å². The van der Waals surface area contributed by atoms with E-state index in [1.807, 2.05) is 30.3 Å². The molecule has 1 N–H and O–H groups in total. The van der Waals surface area contributed by atoms with E-state index < -0.39 is 5.97 Å². The molecule has 2 aromatic rings. The lowest BCUT2D eigenvalue weighted by Crippen LogP contribution is -2.43. The second-order valence-corrected chi connectivity index (χ2v) is 5.64. The van der Waals surface area contributed by atoms with Crippen molar-refractivity contribution in [2.75, 3.05) is 6.54 Å². The highest BCUT2D eigenvalue weighted by molar-refractivity contribution is 5.77. The van der Waals surface area contributed by atoms with Crippen LogP contribution in [0.25, 0.3) is 11.0 Å². The fourth-order valence-corrected chi connectivity index (χ4v) is 2.92. The van der Waals surface area contributed by atoms with Crippen LogP contribution in [-0.2, 0) is 11.3 Å². The largest absolute Gasteiger partial charge is 0.481 e. The van der Waals surface area contributed by atoms with Gasteiger partial charge < -0.3 is 9.52 Å². The van der Waals surface area contributed by atoms with E-state index in [-0.39, 0.29) is 5.92 Å². The number of carboxylic acids is 1. The van der Waals surface area contributed by atoms with Crippen molar-refractivity contribution >= 4 is 16.9 Å². The highest BCUT2D eigenvalue weighted by Gasteiger charge is 2.30. The van der Waals surface area contributed by atoms with Gasteiger partial charge in [-0.3, -0.25) is 9.69 Å². The van der Waals surface area contributed by atoms with Crippen LogP contribution in [0, 0.1) is 5.92 Å². The molecule has 1 aliphatic heterocycles. The number of likely N-dealkylation sites (tertiary alicyclic amines) is 1. The number of aliphatic carboxylic acids is 1. The summed E-state index contributed by atoms with van der Waals surface area (Å²) in [6.07, 6.45) is 1.70. The Morgan fingerprint density at radius 1 is 1.40 bits per heavy atom. The number of hydrogen-bond donors (Lipinski definition) is 1. The molecule has 0 bridgehead atoms. The van der Waals surface area contributed by atoms with Gasteiger partial charge in [0.15, 0.2) is 0 Å². The van der Waals surface area contributed by atoms with Crippen LogP contribution in [0.5, 0.6) is 0 Å². The molecule has 4 heteroatoms. The molecule has 1 aromatic carbocycles. The fourth-order valence-electron chi connectivity index (χ4n) is 2.92. The predicted octanol–water partition coefficient (Wildman–Crippen LogP) is 3.12. The van der Waals surface area contributed by atoms with Crippen LogP contribution in [0.4, 0.5) is 0 Å². The molecule has 1 saturated heterocycles. The molecule has 2 unspecified atom stereocenters. The molecule has 20 heavy (non-hydrogen) atoms. The number of piperidine rings is 1. The van der Waals surface area contributed by atoms with Gasteiger partial charge in [-0.05, 0) is 31.9 Å². The van der Waals surface area contributed by atoms with Gasteiger partial charge in [0.2, 0.25) is 0 Å². The van der Waals surface area contributed by atoms with E-state index in [0.29, 0.717) is 19.1 Å². The molecule has 0 spiro atoms. The Balaban J connectivity index is 1.76. The SMILES string of the molecule is CC1CCC(C(=O)O)CN1Cc1cc2ccccc2o1. The number of para-hydroxylation sites is 1.